The third kappa shape index (κ3) is 5.36. The molecule has 0 saturated carbocycles. The summed E-state index contributed by atoms with van der Waals surface area (Å²) in [6.07, 6.45) is 3.86. The third-order valence-corrected chi connectivity index (χ3v) is 6.29. The minimum atomic E-state index is -0.472. The summed E-state index contributed by atoms with van der Waals surface area (Å²) in [5.41, 5.74) is 1.96. The van der Waals surface area contributed by atoms with Gasteiger partial charge in [0.1, 0.15) is 11.6 Å². The molecule has 0 unspecified atom stereocenters. The summed E-state index contributed by atoms with van der Waals surface area (Å²) >= 11 is 1.34. The zero-order valence-corrected chi connectivity index (χ0v) is 18.6. The minimum Gasteiger partial charge on any atom is -0.372 e. The van der Waals surface area contributed by atoms with Crippen LogP contribution in [0.1, 0.15) is 39.2 Å². The first-order chi connectivity index (χ1) is 14.5. The number of nitrogens with zero attached hydrogens (tertiary/aromatic N) is 5. The molecule has 30 heavy (non-hydrogen) atoms. The number of benzene rings is 1. The first-order valence-electron chi connectivity index (χ1n) is 10.4. The first kappa shape index (κ1) is 21.8. The van der Waals surface area contributed by atoms with Crippen molar-refractivity contribution in [3.8, 4) is 6.07 Å². The Morgan fingerprint density at radius 3 is 2.53 bits per heavy atom. The van der Waals surface area contributed by atoms with Crippen molar-refractivity contribution in [1.29, 1.82) is 5.26 Å². The lowest BCUT2D eigenvalue weighted by Crippen LogP contribution is -2.32. The fourth-order valence-corrected chi connectivity index (χ4v) is 4.24. The molecule has 1 aromatic heterocycles. The first-order valence-corrected chi connectivity index (χ1v) is 11.2. The van der Waals surface area contributed by atoms with Gasteiger partial charge in [0, 0.05) is 31.9 Å². The number of nitrogens with one attached hydrogen (secondary N) is 1. The van der Waals surface area contributed by atoms with Crippen LogP contribution in [0.2, 0.25) is 0 Å². The van der Waals surface area contributed by atoms with E-state index in [0.29, 0.717) is 5.13 Å². The molecule has 0 spiro atoms. The van der Waals surface area contributed by atoms with E-state index in [4.69, 9.17) is 0 Å². The van der Waals surface area contributed by atoms with E-state index >= 15 is 0 Å². The van der Waals surface area contributed by atoms with Gasteiger partial charge in [0.05, 0.1) is 0 Å². The van der Waals surface area contributed by atoms with E-state index in [2.05, 4.69) is 46.1 Å². The smallest absolute Gasteiger partial charge is 0.268 e. The summed E-state index contributed by atoms with van der Waals surface area (Å²) in [7, 11) is 0. The Balaban J connectivity index is 1.66. The zero-order chi connectivity index (χ0) is 21.5. The molecule has 8 heteroatoms. The van der Waals surface area contributed by atoms with Gasteiger partial charge in [0.25, 0.3) is 5.91 Å². The SMILES string of the molecule is CCN(CC)c1ccc(/C=C(/C#N)C(=O)Nc2nnc(N3CCC(C)CC3)s2)cc1. The Kier molecular flexibility index (Phi) is 7.41. The lowest BCUT2D eigenvalue weighted by Gasteiger charge is -2.29. The Bertz CT molecular complexity index is 918. The zero-order valence-electron chi connectivity index (χ0n) is 17.8. The van der Waals surface area contributed by atoms with Crippen LogP contribution in [-0.2, 0) is 4.79 Å². The van der Waals surface area contributed by atoms with Gasteiger partial charge in [-0.25, -0.2) is 0 Å². The van der Waals surface area contributed by atoms with Crippen molar-refractivity contribution in [3.63, 3.8) is 0 Å². The van der Waals surface area contributed by atoms with Crippen molar-refractivity contribution in [2.24, 2.45) is 5.92 Å². The summed E-state index contributed by atoms with van der Waals surface area (Å²) in [6.45, 7) is 10.2. The van der Waals surface area contributed by atoms with E-state index in [9.17, 15) is 10.1 Å². The van der Waals surface area contributed by atoms with Crippen LogP contribution >= 0.6 is 11.3 Å². The average Bonchev–Trinajstić information content (AvgIpc) is 3.22. The molecule has 3 rings (SSSR count). The Hall–Kier alpha value is -2.92. The van der Waals surface area contributed by atoms with Gasteiger partial charge >= 0.3 is 0 Å². The van der Waals surface area contributed by atoms with Crippen LogP contribution < -0.4 is 15.1 Å². The highest BCUT2D eigenvalue weighted by molar-refractivity contribution is 7.19. The second-order valence-corrected chi connectivity index (χ2v) is 8.40. The second kappa shape index (κ2) is 10.2. The van der Waals surface area contributed by atoms with Crippen molar-refractivity contribution < 1.29 is 4.79 Å². The maximum absolute atomic E-state index is 12.6. The second-order valence-electron chi connectivity index (χ2n) is 7.45. The summed E-state index contributed by atoms with van der Waals surface area (Å²) < 4.78 is 0. The topological polar surface area (TPSA) is 85.2 Å². The van der Waals surface area contributed by atoms with Crippen LogP contribution in [0.25, 0.3) is 6.08 Å². The van der Waals surface area contributed by atoms with Gasteiger partial charge in [-0.2, -0.15) is 5.26 Å². The van der Waals surface area contributed by atoms with Crippen molar-refractivity contribution in [3.05, 3.63) is 35.4 Å². The van der Waals surface area contributed by atoms with Crippen LogP contribution in [0.15, 0.2) is 29.8 Å². The van der Waals surface area contributed by atoms with Crippen LogP contribution in [0.4, 0.5) is 16.0 Å². The number of carbonyl (C=O) groups excluding carboxylic acids is 1. The number of amides is 1. The van der Waals surface area contributed by atoms with E-state index in [0.717, 1.165) is 61.3 Å². The summed E-state index contributed by atoms with van der Waals surface area (Å²) in [6, 6.07) is 9.83. The van der Waals surface area contributed by atoms with Crippen LogP contribution in [0.5, 0.6) is 0 Å². The number of nitriles is 1. The van der Waals surface area contributed by atoms with E-state index in [-0.39, 0.29) is 5.57 Å². The van der Waals surface area contributed by atoms with Crippen molar-refractivity contribution >= 4 is 39.3 Å². The Labute approximate surface area is 182 Å². The molecule has 2 heterocycles. The van der Waals surface area contributed by atoms with Gasteiger partial charge in [0.15, 0.2) is 0 Å². The molecule has 0 atom stereocenters. The highest BCUT2D eigenvalue weighted by Crippen LogP contribution is 2.28. The predicted molar refractivity (Wildman–Crippen MR) is 123 cm³/mol. The maximum Gasteiger partial charge on any atom is 0.268 e. The summed E-state index contributed by atoms with van der Waals surface area (Å²) in [5, 5.41) is 21.7. The molecule has 1 fully saturated rings. The number of aromatic nitrogens is 2. The number of anilines is 3. The van der Waals surface area contributed by atoms with Gasteiger partial charge in [-0.3, -0.25) is 10.1 Å². The highest BCUT2D eigenvalue weighted by Gasteiger charge is 2.20. The molecule has 1 N–H and O–H groups in total. The quantitative estimate of drug-likeness (QED) is 0.530. The molecule has 1 aromatic carbocycles. The molecule has 0 bridgehead atoms. The number of piperidine rings is 1. The van der Waals surface area contributed by atoms with Crippen molar-refractivity contribution in [2.75, 3.05) is 41.3 Å². The van der Waals surface area contributed by atoms with Gasteiger partial charge < -0.3 is 9.80 Å². The Morgan fingerprint density at radius 2 is 1.93 bits per heavy atom. The fraction of sp³-hybridized carbons (Fsp3) is 0.455. The normalized spacial score (nSPS) is 15.0. The fourth-order valence-electron chi connectivity index (χ4n) is 3.44. The predicted octanol–water partition coefficient (Wildman–Crippen LogP) is 4.17. The van der Waals surface area contributed by atoms with Gasteiger partial charge in [-0.1, -0.05) is 30.4 Å². The Morgan fingerprint density at radius 1 is 1.27 bits per heavy atom. The van der Waals surface area contributed by atoms with Crippen LogP contribution in [0, 0.1) is 17.2 Å². The van der Waals surface area contributed by atoms with E-state index in [1.165, 1.54) is 11.3 Å². The largest absolute Gasteiger partial charge is 0.372 e. The number of hydrogen-bond acceptors (Lipinski definition) is 7. The summed E-state index contributed by atoms with van der Waals surface area (Å²) in [4.78, 5) is 17.0. The van der Waals surface area contributed by atoms with E-state index in [1.807, 2.05) is 30.3 Å². The van der Waals surface area contributed by atoms with E-state index in [1.54, 1.807) is 6.08 Å². The monoisotopic (exact) mass is 424 g/mol. The molecule has 0 aliphatic carbocycles. The van der Waals surface area contributed by atoms with Crippen molar-refractivity contribution in [2.45, 2.75) is 33.6 Å². The molecule has 1 aliphatic heterocycles. The number of hydrogen-bond donors (Lipinski definition) is 1. The standard InChI is InChI=1S/C22H28N6OS/c1-4-27(5-2)19-8-6-17(7-9-19)14-18(15-23)20(29)24-21-25-26-22(30-21)28-12-10-16(3)11-13-28/h6-9,14,16H,4-5,10-13H2,1-3H3,(H,24,25,29)/b18-14-. The molecule has 1 aliphatic rings. The van der Waals surface area contributed by atoms with Crippen LogP contribution in [0.3, 0.4) is 0 Å². The molecule has 1 amide bonds. The molecular formula is C22H28N6OS. The summed E-state index contributed by atoms with van der Waals surface area (Å²) in [5.74, 6) is 0.262. The molecule has 7 nitrogen and oxygen atoms in total. The van der Waals surface area contributed by atoms with Gasteiger partial charge in [0.2, 0.25) is 10.3 Å². The molecule has 1 saturated heterocycles. The maximum atomic E-state index is 12.6. The van der Waals surface area contributed by atoms with Crippen LogP contribution in [-0.4, -0.2) is 42.3 Å². The average molecular weight is 425 g/mol. The minimum absolute atomic E-state index is 0.0362. The number of carbonyl (C=O) groups is 1. The molecule has 0 radical (unpaired) electrons. The lowest BCUT2D eigenvalue weighted by molar-refractivity contribution is -0.112. The van der Waals surface area contributed by atoms with Gasteiger partial charge in [-0.05, 0) is 56.4 Å². The van der Waals surface area contributed by atoms with E-state index < -0.39 is 5.91 Å². The molecular weight excluding hydrogens is 396 g/mol. The number of rotatable bonds is 7. The molecule has 2 aromatic rings. The molecule has 158 valence electrons. The van der Waals surface area contributed by atoms with Crippen molar-refractivity contribution in [1.82, 2.24) is 10.2 Å². The third-order valence-electron chi connectivity index (χ3n) is 5.39. The lowest BCUT2D eigenvalue weighted by atomic mass is 10.00. The highest BCUT2D eigenvalue weighted by atomic mass is 32.1. The van der Waals surface area contributed by atoms with Gasteiger partial charge in [-0.15, -0.1) is 10.2 Å².